The molecule has 0 saturated carbocycles. The zero-order valence-electron chi connectivity index (χ0n) is 12.2. The van der Waals surface area contributed by atoms with Gasteiger partial charge in [-0.05, 0) is 72.9 Å². The maximum Gasteiger partial charge on any atom is 0.133 e. The highest BCUT2D eigenvalue weighted by Gasteiger charge is 2.00. The van der Waals surface area contributed by atoms with Crippen LogP contribution in [0.5, 0.6) is 5.75 Å². The third-order valence-corrected chi connectivity index (χ3v) is 3.64. The summed E-state index contributed by atoms with van der Waals surface area (Å²) < 4.78 is 6.83. The van der Waals surface area contributed by atoms with E-state index >= 15 is 0 Å². The summed E-state index contributed by atoms with van der Waals surface area (Å²) in [5.41, 5.74) is 1.25. The second-order valence-electron chi connectivity index (χ2n) is 4.95. The van der Waals surface area contributed by atoms with E-state index in [2.05, 4.69) is 47.2 Å². The summed E-state index contributed by atoms with van der Waals surface area (Å²) in [6, 6.07) is 6.21. The van der Waals surface area contributed by atoms with Crippen LogP contribution in [0.15, 0.2) is 22.7 Å². The SMILES string of the molecule is CCCNCCCCCCOc1ccc(C)cc1Br. The molecule has 0 spiro atoms. The molecule has 0 heterocycles. The largest absolute Gasteiger partial charge is 0.492 e. The molecular weight excluding hydrogens is 302 g/mol. The van der Waals surface area contributed by atoms with Gasteiger partial charge in [0.2, 0.25) is 0 Å². The molecular formula is C16H26BrNO. The minimum Gasteiger partial charge on any atom is -0.492 e. The van der Waals surface area contributed by atoms with Crippen molar-refractivity contribution < 1.29 is 4.74 Å². The maximum atomic E-state index is 5.77. The molecule has 0 aliphatic heterocycles. The van der Waals surface area contributed by atoms with Crippen LogP contribution in [0.1, 0.15) is 44.6 Å². The summed E-state index contributed by atoms with van der Waals surface area (Å²) in [5.74, 6) is 0.954. The fourth-order valence-corrected chi connectivity index (χ4v) is 2.52. The standard InChI is InChI=1S/C16H26BrNO/c1-3-10-18-11-6-4-5-7-12-19-16-9-8-14(2)13-15(16)17/h8-9,13,18H,3-7,10-12H2,1-2H3. The first kappa shape index (κ1) is 16.5. The normalized spacial score (nSPS) is 10.7. The van der Waals surface area contributed by atoms with Crippen molar-refractivity contribution in [3.8, 4) is 5.75 Å². The molecule has 0 amide bonds. The first-order valence-electron chi connectivity index (χ1n) is 7.33. The van der Waals surface area contributed by atoms with Crippen molar-refractivity contribution in [1.29, 1.82) is 0 Å². The second-order valence-corrected chi connectivity index (χ2v) is 5.80. The molecule has 0 aromatic heterocycles. The molecule has 1 rings (SSSR count). The molecule has 3 heteroatoms. The van der Waals surface area contributed by atoms with E-state index in [0.29, 0.717) is 0 Å². The fraction of sp³-hybridized carbons (Fsp3) is 0.625. The summed E-state index contributed by atoms with van der Waals surface area (Å²) in [6.45, 7) is 7.39. The van der Waals surface area contributed by atoms with Gasteiger partial charge in [0.1, 0.15) is 5.75 Å². The summed E-state index contributed by atoms with van der Waals surface area (Å²) >= 11 is 3.53. The summed E-state index contributed by atoms with van der Waals surface area (Å²) in [6.07, 6.45) is 6.16. The zero-order chi connectivity index (χ0) is 13.9. The van der Waals surface area contributed by atoms with Crippen molar-refractivity contribution >= 4 is 15.9 Å². The maximum absolute atomic E-state index is 5.77. The lowest BCUT2D eigenvalue weighted by Crippen LogP contribution is -2.15. The molecule has 0 fully saturated rings. The van der Waals surface area contributed by atoms with Crippen molar-refractivity contribution in [3.05, 3.63) is 28.2 Å². The Balaban J connectivity index is 2.01. The van der Waals surface area contributed by atoms with Gasteiger partial charge in [0.05, 0.1) is 11.1 Å². The number of halogens is 1. The monoisotopic (exact) mass is 327 g/mol. The minimum absolute atomic E-state index is 0.810. The molecule has 1 N–H and O–H groups in total. The van der Waals surface area contributed by atoms with E-state index in [1.54, 1.807) is 0 Å². The predicted molar refractivity (Wildman–Crippen MR) is 86.0 cm³/mol. The van der Waals surface area contributed by atoms with Crippen LogP contribution < -0.4 is 10.1 Å². The van der Waals surface area contributed by atoms with E-state index in [9.17, 15) is 0 Å². The lowest BCUT2D eigenvalue weighted by Gasteiger charge is -2.08. The van der Waals surface area contributed by atoms with E-state index in [0.717, 1.165) is 36.3 Å². The van der Waals surface area contributed by atoms with Crippen LogP contribution in [0.4, 0.5) is 0 Å². The van der Waals surface area contributed by atoms with E-state index < -0.39 is 0 Å². The molecule has 0 bridgehead atoms. The topological polar surface area (TPSA) is 21.3 Å². The fourth-order valence-electron chi connectivity index (χ4n) is 1.91. The van der Waals surface area contributed by atoms with Crippen LogP contribution in [-0.4, -0.2) is 19.7 Å². The zero-order valence-corrected chi connectivity index (χ0v) is 13.8. The van der Waals surface area contributed by atoms with Gasteiger partial charge in [-0.15, -0.1) is 0 Å². The van der Waals surface area contributed by atoms with Gasteiger partial charge >= 0.3 is 0 Å². The van der Waals surface area contributed by atoms with Gasteiger partial charge in [-0.3, -0.25) is 0 Å². The Bertz CT molecular complexity index is 355. The Kier molecular flexibility index (Phi) is 8.93. The predicted octanol–water partition coefficient (Wildman–Crippen LogP) is 4.70. The lowest BCUT2D eigenvalue weighted by atomic mass is 10.2. The van der Waals surface area contributed by atoms with Crippen LogP contribution in [0.2, 0.25) is 0 Å². The van der Waals surface area contributed by atoms with Gasteiger partial charge in [0.25, 0.3) is 0 Å². The Labute approximate surface area is 126 Å². The third-order valence-electron chi connectivity index (χ3n) is 3.02. The summed E-state index contributed by atoms with van der Waals surface area (Å²) in [5, 5.41) is 3.43. The van der Waals surface area contributed by atoms with Crippen molar-refractivity contribution in [3.63, 3.8) is 0 Å². The molecule has 2 nitrogen and oxygen atoms in total. The third kappa shape index (κ3) is 7.58. The number of hydrogen-bond acceptors (Lipinski definition) is 2. The Morgan fingerprint density at radius 1 is 1.11 bits per heavy atom. The van der Waals surface area contributed by atoms with E-state index in [-0.39, 0.29) is 0 Å². The van der Waals surface area contributed by atoms with E-state index in [4.69, 9.17) is 4.74 Å². The highest BCUT2D eigenvalue weighted by molar-refractivity contribution is 9.10. The van der Waals surface area contributed by atoms with Crippen molar-refractivity contribution in [2.45, 2.75) is 46.0 Å². The number of benzene rings is 1. The molecule has 0 aliphatic carbocycles. The van der Waals surface area contributed by atoms with Crippen LogP contribution in [0, 0.1) is 6.92 Å². The molecule has 0 radical (unpaired) electrons. The van der Waals surface area contributed by atoms with E-state index in [1.807, 2.05) is 6.07 Å². The van der Waals surface area contributed by atoms with Crippen LogP contribution >= 0.6 is 15.9 Å². The summed E-state index contributed by atoms with van der Waals surface area (Å²) in [7, 11) is 0. The number of aryl methyl sites for hydroxylation is 1. The number of unbranched alkanes of at least 4 members (excludes halogenated alkanes) is 3. The van der Waals surface area contributed by atoms with Gasteiger partial charge in [0.15, 0.2) is 0 Å². The van der Waals surface area contributed by atoms with Crippen LogP contribution in [-0.2, 0) is 0 Å². The summed E-state index contributed by atoms with van der Waals surface area (Å²) in [4.78, 5) is 0. The van der Waals surface area contributed by atoms with Crippen LogP contribution in [0.25, 0.3) is 0 Å². The molecule has 1 aromatic rings. The molecule has 0 atom stereocenters. The van der Waals surface area contributed by atoms with Crippen molar-refractivity contribution in [2.24, 2.45) is 0 Å². The quantitative estimate of drug-likeness (QED) is 0.629. The highest BCUT2D eigenvalue weighted by Crippen LogP contribution is 2.25. The minimum atomic E-state index is 0.810. The first-order valence-corrected chi connectivity index (χ1v) is 8.13. The number of rotatable bonds is 10. The second kappa shape index (κ2) is 10.3. The first-order chi connectivity index (χ1) is 9.24. The lowest BCUT2D eigenvalue weighted by molar-refractivity contribution is 0.302. The average molecular weight is 328 g/mol. The molecule has 0 saturated heterocycles. The van der Waals surface area contributed by atoms with Gasteiger partial charge in [-0.25, -0.2) is 0 Å². The average Bonchev–Trinajstić information content (AvgIpc) is 2.39. The Hall–Kier alpha value is -0.540. The van der Waals surface area contributed by atoms with Gasteiger partial charge in [0, 0.05) is 0 Å². The smallest absolute Gasteiger partial charge is 0.133 e. The van der Waals surface area contributed by atoms with Crippen LogP contribution in [0.3, 0.4) is 0 Å². The molecule has 1 aromatic carbocycles. The molecule has 108 valence electrons. The Morgan fingerprint density at radius 2 is 1.89 bits per heavy atom. The van der Waals surface area contributed by atoms with Crippen molar-refractivity contribution in [1.82, 2.24) is 5.32 Å². The van der Waals surface area contributed by atoms with Gasteiger partial charge < -0.3 is 10.1 Å². The van der Waals surface area contributed by atoms with Gasteiger partial charge in [-0.2, -0.15) is 0 Å². The van der Waals surface area contributed by atoms with Crippen molar-refractivity contribution in [2.75, 3.05) is 19.7 Å². The molecule has 0 unspecified atom stereocenters. The van der Waals surface area contributed by atoms with Gasteiger partial charge in [-0.1, -0.05) is 25.8 Å². The molecule has 0 aliphatic rings. The highest BCUT2D eigenvalue weighted by atomic mass is 79.9. The number of hydrogen-bond donors (Lipinski definition) is 1. The number of nitrogens with one attached hydrogen (secondary N) is 1. The Morgan fingerprint density at radius 3 is 2.63 bits per heavy atom. The molecule has 19 heavy (non-hydrogen) atoms. The number of ether oxygens (including phenoxy) is 1. The van der Waals surface area contributed by atoms with E-state index in [1.165, 1.54) is 31.2 Å².